The summed E-state index contributed by atoms with van der Waals surface area (Å²) < 4.78 is 4.89. The van der Waals surface area contributed by atoms with Crippen molar-refractivity contribution in [3.05, 3.63) is 12.2 Å². The molecule has 0 unspecified atom stereocenters. The van der Waals surface area contributed by atoms with E-state index in [1.165, 1.54) is 64.7 Å². The van der Waals surface area contributed by atoms with Crippen LogP contribution < -0.4 is 0 Å². The summed E-state index contributed by atoms with van der Waals surface area (Å²) in [5, 5.41) is 0. The lowest BCUT2D eigenvalue weighted by Gasteiger charge is -2.00. The van der Waals surface area contributed by atoms with Crippen LogP contribution >= 0.6 is 0 Å². The third-order valence-electron chi connectivity index (χ3n) is 3.46. The third-order valence-corrected chi connectivity index (χ3v) is 3.46. The second kappa shape index (κ2) is 16.3. The predicted molar refractivity (Wildman–Crippen MR) is 86.9 cm³/mol. The summed E-state index contributed by atoms with van der Waals surface area (Å²) in [6.45, 7) is 4.31. The number of rotatable bonds is 14. The Labute approximate surface area is 126 Å². The SMILES string of the molecule is CCCCCCCCCC=CCCCCCOC(C)=O. The molecule has 0 N–H and O–H groups in total. The molecule has 0 atom stereocenters. The Balaban J connectivity index is 3.07. The largest absolute Gasteiger partial charge is 0.466 e. The molecule has 0 aromatic rings. The molecule has 0 bridgehead atoms. The van der Waals surface area contributed by atoms with Crippen LogP contribution in [0.2, 0.25) is 0 Å². The third kappa shape index (κ3) is 17.2. The number of ether oxygens (including phenoxy) is 1. The van der Waals surface area contributed by atoms with Gasteiger partial charge in [0.2, 0.25) is 0 Å². The molecular formula is C18H34O2. The second-order valence-corrected chi connectivity index (χ2v) is 5.57. The van der Waals surface area contributed by atoms with Gasteiger partial charge in [0.1, 0.15) is 0 Å². The van der Waals surface area contributed by atoms with Crippen LogP contribution in [-0.2, 0) is 9.53 Å². The Hall–Kier alpha value is -0.790. The number of allylic oxidation sites excluding steroid dienone is 2. The van der Waals surface area contributed by atoms with Gasteiger partial charge in [0.05, 0.1) is 6.61 Å². The normalized spacial score (nSPS) is 11.1. The summed E-state index contributed by atoms with van der Waals surface area (Å²) in [7, 11) is 0. The van der Waals surface area contributed by atoms with E-state index in [4.69, 9.17) is 4.74 Å². The molecule has 0 spiro atoms. The standard InChI is InChI=1S/C18H34O2/c1-3-4-5-6-7-8-9-10-11-12-13-14-15-16-17-20-18(2)19/h11-12H,3-10,13-17H2,1-2H3. The van der Waals surface area contributed by atoms with Gasteiger partial charge in [-0.05, 0) is 38.5 Å². The van der Waals surface area contributed by atoms with Gasteiger partial charge in [-0.1, -0.05) is 57.6 Å². The molecule has 0 fully saturated rings. The number of carbonyl (C=O) groups is 1. The lowest BCUT2D eigenvalue weighted by atomic mass is 10.1. The van der Waals surface area contributed by atoms with Gasteiger partial charge >= 0.3 is 5.97 Å². The van der Waals surface area contributed by atoms with Gasteiger partial charge in [0.25, 0.3) is 0 Å². The van der Waals surface area contributed by atoms with Crippen LogP contribution in [0, 0.1) is 0 Å². The monoisotopic (exact) mass is 282 g/mol. The van der Waals surface area contributed by atoms with Crippen molar-refractivity contribution in [1.82, 2.24) is 0 Å². The minimum atomic E-state index is -0.167. The fourth-order valence-electron chi connectivity index (χ4n) is 2.21. The minimum Gasteiger partial charge on any atom is -0.466 e. The summed E-state index contributed by atoms with van der Waals surface area (Å²) in [6.07, 6.45) is 20.1. The highest BCUT2D eigenvalue weighted by Crippen LogP contribution is 2.09. The first-order valence-electron chi connectivity index (χ1n) is 8.55. The van der Waals surface area contributed by atoms with Crippen molar-refractivity contribution < 1.29 is 9.53 Å². The molecular weight excluding hydrogens is 248 g/mol. The zero-order valence-corrected chi connectivity index (χ0v) is 13.7. The van der Waals surface area contributed by atoms with Gasteiger partial charge in [-0.15, -0.1) is 0 Å². The molecule has 118 valence electrons. The molecule has 2 heteroatoms. The molecule has 0 rings (SSSR count). The Kier molecular flexibility index (Phi) is 15.6. The average molecular weight is 282 g/mol. The summed E-state index contributed by atoms with van der Waals surface area (Å²) >= 11 is 0. The number of hydrogen-bond acceptors (Lipinski definition) is 2. The maximum Gasteiger partial charge on any atom is 0.302 e. The molecule has 0 aromatic carbocycles. The number of esters is 1. The van der Waals surface area contributed by atoms with E-state index in [2.05, 4.69) is 19.1 Å². The molecule has 0 aromatic heterocycles. The molecule has 0 radical (unpaired) electrons. The molecule has 0 saturated heterocycles. The Bertz CT molecular complexity index is 234. The van der Waals surface area contributed by atoms with Gasteiger partial charge in [-0.3, -0.25) is 4.79 Å². The zero-order chi connectivity index (χ0) is 14.9. The Morgan fingerprint density at radius 2 is 1.30 bits per heavy atom. The van der Waals surface area contributed by atoms with Crippen molar-refractivity contribution >= 4 is 5.97 Å². The Morgan fingerprint density at radius 1 is 0.800 bits per heavy atom. The summed E-state index contributed by atoms with van der Waals surface area (Å²) in [5.41, 5.74) is 0. The van der Waals surface area contributed by atoms with Crippen LogP contribution in [0.3, 0.4) is 0 Å². The molecule has 0 aliphatic carbocycles. The quantitative estimate of drug-likeness (QED) is 0.228. The summed E-state index contributed by atoms with van der Waals surface area (Å²) in [4.78, 5) is 10.5. The minimum absolute atomic E-state index is 0.167. The van der Waals surface area contributed by atoms with E-state index in [0.29, 0.717) is 6.61 Å². The first-order chi connectivity index (χ1) is 9.77. The molecule has 20 heavy (non-hydrogen) atoms. The van der Waals surface area contributed by atoms with E-state index in [1.807, 2.05) is 0 Å². The van der Waals surface area contributed by atoms with Crippen LogP contribution in [-0.4, -0.2) is 12.6 Å². The fraction of sp³-hybridized carbons (Fsp3) is 0.833. The van der Waals surface area contributed by atoms with Crippen LogP contribution in [0.4, 0.5) is 0 Å². The average Bonchev–Trinajstić information content (AvgIpc) is 2.43. The van der Waals surface area contributed by atoms with Gasteiger partial charge in [-0.25, -0.2) is 0 Å². The van der Waals surface area contributed by atoms with E-state index in [-0.39, 0.29) is 5.97 Å². The predicted octanol–water partition coefficient (Wildman–Crippen LogP) is 5.81. The molecule has 0 heterocycles. The zero-order valence-electron chi connectivity index (χ0n) is 13.7. The van der Waals surface area contributed by atoms with Gasteiger partial charge in [0, 0.05) is 6.92 Å². The van der Waals surface area contributed by atoms with Crippen LogP contribution in [0.5, 0.6) is 0 Å². The van der Waals surface area contributed by atoms with Crippen molar-refractivity contribution in [1.29, 1.82) is 0 Å². The fourth-order valence-corrected chi connectivity index (χ4v) is 2.21. The molecule has 0 aliphatic heterocycles. The van der Waals surface area contributed by atoms with E-state index in [9.17, 15) is 4.79 Å². The van der Waals surface area contributed by atoms with E-state index in [0.717, 1.165) is 19.3 Å². The number of hydrogen-bond donors (Lipinski definition) is 0. The second-order valence-electron chi connectivity index (χ2n) is 5.57. The molecule has 2 nitrogen and oxygen atoms in total. The van der Waals surface area contributed by atoms with Crippen LogP contribution in [0.25, 0.3) is 0 Å². The van der Waals surface area contributed by atoms with Crippen LogP contribution in [0.15, 0.2) is 12.2 Å². The van der Waals surface area contributed by atoms with Crippen molar-refractivity contribution in [3.8, 4) is 0 Å². The van der Waals surface area contributed by atoms with E-state index in [1.54, 1.807) is 0 Å². The maximum absolute atomic E-state index is 10.5. The van der Waals surface area contributed by atoms with E-state index < -0.39 is 0 Å². The van der Waals surface area contributed by atoms with Crippen molar-refractivity contribution in [2.45, 2.75) is 90.9 Å². The highest BCUT2D eigenvalue weighted by atomic mass is 16.5. The van der Waals surface area contributed by atoms with Crippen LogP contribution in [0.1, 0.15) is 90.9 Å². The lowest BCUT2D eigenvalue weighted by molar-refractivity contribution is -0.141. The summed E-state index contributed by atoms with van der Waals surface area (Å²) in [6, 6.07) is 0. The maximum atomic E-state index is 10.5. The topological polar surface area (TPSA) is 26.3 Å². The van der Waals surface area contributed by atoms with Gasteiger partial charge < -0.3 is 4.74 Å². The first kappa shape index (κ1) is 19.2. The van der Waals surface area contributed by atoms with Crippen molar-refractivity contribution in [2.24, 2.45) is 0 Å². The lowest BCUT2D eigenvalue weighted by Crippen LogP contribution is -1.99. The first-order valence-corrected chi connectivity index (χ1v) is 8.55. The molecule has 0 aliphatic rings. The van der Waals surface area contributed by atoms with E-state index >= 15 is 0 Å². The van der Waals surface area contributed by atoms with Gasteiger partial charge in [-0.2, -0.15) is 0 Å². The van der Waals surface area contributed by atoms with Crippen molar-refractivity contribution in [2.75, 3.05) is 6.61 Å². The molecule has 0 saturated carbocycles. The smallest absolute Gasteiger partial charge is 0.302 e. The van der Waals surface area contributed by atoms with Gasteiger partial charge in [0.15, 0.2) is 0 Å². The van der Waals surface area contributed by atoms with Crippen molar-refractivity contribution in [3.63, 3.8) is 0 Å². The Morgan fingerprint density at radius 3 is 1.85 bits per heavy atom. The highest BCUT2D eigenvalue weighted by Gasteiger charge is 1.92. The highest BCUT2D eigenvalue weighted by molar-refractivity contribution is 5.65. The number of unbranched alkanes of at least 4 members (excludes halogenated alkanes) is 10. The molecule has 0 amide bonds. The number of carbonyl (C=O) groups excluding carboxylic acids is 1. The summed E-state index contributed by atoms with van der Waals surface area (Å²) in [5.74, 6) is -0.167.